The van der Waals surface area contributed by atoms with Gasteiger partial charge in [0.1, 0.15) is 0 Å². The van der Waals surface area contributed by atoms with Crippen LogP contribution in [0.1, 0.15) is 26.4 Å². The van der Waals surface area contributed by atoms with Gasteiger partial charge in [0.05, 0.1) is 22.4 Å². The Hall–Kier alpha value is -4.79. The van der Waals surface area contributed by atoms with Gasteiger partial charge in [-0.15, -0.1) is 0 Å². The Bertz CT molecular complexity index is 1700. The largest absolute Gasteiger partial charge is 0.434 e. The highest BCUT2D eigenvalue weighted by Gasteiger charge is 2.42. The fourth-order valence-corrected chi connectivity index (χ4v) is 4.27. The highest BCUT2D eigenvalue weighted by molar-refractivity contribution is 6.41. The molecule has 0 unspecified atom stereocenters. The molecule has 0 saturated carbocycles. The van der Waals surface area contributed by atoms with Crippen molar-refractivity contribution in [1.82, 2.24) is 9.55 Å². The molecule has 2 heterocycles. The van der Waals surface area contributed by atoms with E-state index in [2.05, 4.69) is 4.98 Å². The molecule has 5 aromatic rings. The second-order valence-electron chi connectivity index (χ2n) is 8.04. The number of aromatic nitrogens is 2. The van der Waals surface area contributed by atoms with E-state index < -0.39 is 51.5 Å². The van der Waals surface area contributed by atoms with Crippen molar-refractivity contribution in [1.29, 1.82) is 0 Å². The smallest absolute Gasteiger partial charge is 0.228 e. The number of nitrogens with zero attached hydrogens (tertiary/aromatic N) is 2. The zero-order valence-electron chi connectivity index (χ0n) is 18.1. The van der Waals surface area contributed by atoms with Gasteiger partial charge in [0.25, 0.3) is 0 Å². The summed E-state index contributed by atoms with van der Waals surface area (Å²) in [6, 6.07) is 19.4. The number of benzene rings is 3. The minimum Gasteiger partial charge on any atom is -0.434 e. The lowest BCUT2D eigenvalue weighted by Crippen LogP contribution is -2.07. The molecule has 176 valence electrons. The number of oxazole rings is 1. The molecule has 0 amide bonds. The summed E-state index contributed by atoms with van der Waals surface area (Å²) in [6.07, 6.45) is 1.10. The first-order valence-electron chi connectivity index (χ1n) is 10.7. The highest BCUT2D eigenvalue weighted by Crippen LogP contribution is 2.36. The fraction of sp³-hybridized carbons (Fsp3) is 0. The second-order valence-corrected chi connectivity index (χ2v) is 8.04. The minimum absolute atomic E-state index is 0.230. The molecule has 1 aliphatic rings. The summed E-state index contributed by atoms with van der Waals surface area (Å²) in [5.41, 5.74) is -0.688. The Labute approximate surface area is 199 Å². The van der Waals surface area contributed by atoms with Crippen molar-refractivity contribution in [2.24, 2.45) is 0 Å². The molecule has 0 saturated heterocycles. The van der Waals surface area contributed by atoms with Crippen molar-refractivity contribution in [3.05, 3.63) is 112 Å². The summed E-state index contributed by atoms with van der Waals surface area (Å²) < 4.78 is 63.7. The van der Waals surface area contributed by atoms with Crippen LogP contribution in [0.15, 0.2) is 76.7 Å². The van der Waals surface area contributed by atoms with Crippen molar-refractivity contribution >= 4 is 28.9 Å². The van der Waals surface area contributed by atoms with Gasteiger partial charge in [-0.2, -0.15) is 4.98 Å². The number of hydrogen-bond donors (Lipinski definition) is 0. The third-order valence-electron chi connectivity index (χ3n) is 5.92. The van der Waals surface area contributed by atoms with Gasteiger partial charge in [-0.3, -0.25) is 14.2 Å². The quantitative estimate of drug-likeness (QED) is 0.0983. The van der Waals surface area contributed by atoms with E-state index in [1.54, 1.807) is 34.9 Å². The highest BCUT2D eigenvalue weighted by atomic mass is 19.2. The molecule has 2 aromatic heterocycles. The number of hydrogen-bond acceptors (Lipinski definition) is 4. The number of fused-ring (bicyclic) bond motifs is 2. The van der Waals surface area contributed by atoms with E-state index in [4.69, 9.17) is 4.42 Å². The summed E-state index contributed by atoms with van der Waals surface area (Å²) in [5, 5.41) is 0. The predicted octanol–water partition coefficient (Wildman–Crippen LogP) is 6.30. The van der Waals surface area contributed by atoms with E-state index in [1.807, 2.05) is 30.3 Å². The average Bonchev–Trinajstić information content (AvgIpc) is 3.53. The number of rotatable bonds is 3. The van der Waals surface area contributed by atoms with E-state index in [-0.39, 0.29) is 5.69 Å². The number of carbonyl (C=O) groups is 2. The molecule has 6 rings (SSSR count). The molecule has 0 bridgehead atoms. The molecule has 0 fully saturated rings. The van der Waals surface area contributed by atoms with Gasteiger partial charge in [0.15, 0.2) is 34.5 Å². The van der Waals surface area contributed by atoms with Crippen LogP contribution in [0.3, 0.4) is 0 Å². The van der Waals surface area contributed by atoms with Crippen LogP contribution in [0, 0.1) is 23.3 Å². The second kappa shape index (κ2) is 7.88. The topological polar surface area (TPSA) is 65.1 Å². The Balaban J connectivity index is 1.56. The summed E-state index contributed by atoms with van der Waals surface area (Å²) in [5.74, 6) is -10.3. The van der Waals surface area contributed by atoms with Crippen LogP contribution < -0.4 is 0 Å². The normalized spacial score (nSPS) is 13.1. The number of para-hydroxylation sites is 1. The van der Waals surface area contributed by atoms with Gasteiger partial charge >= 0.3 is 0 Å². The van der Waals surface area contributed by atoms with Crippen LogP contribution in [-0.2, 0) is 0 Å². The summed E-state index contributed by atoms with van der Waals surface area (Å²) in [7, 11) is 0. The molecule has 0 aliphatic heterocycles. The van der Waals surface area contributed by atoms with Crippen LogP contribution >= 0.6 is 0 Å². The summed E-state index contributed by atoms with van der Waals surface area (Å²) in [4.78, 5) is 30.3. The van der Waals surface area contributed by atoms with Crippen molar-refractivity contribution in [3.8, 4) is 17.1 Å². The van der Waals surface area contributed by atoms with Gasteiger partial charge in [0.2, 0.25) is 17.5 Å². The first-order valence-corrected chi connectivity index (χ1v) is 10.7. The molecular formula is C27H12F4N2O3. The molecular weight excluding hydrogens is 476 g/mol. The standard InChI is InChI=1S/C27H12F4N2O3/c28-20-18-19(21(29)23(31)22(20)30)25(35)16(24(18)34)11-15-12-17-26(33(15)14-9-5-2-6-10-14)32-27(36-17)13-7-3-1-4-8-13/h1-12H. The number of halogens is 4. The van der Waals surface area contributed by atoms with E-state index in [1.165, 1.54) is 6.07 Å². The molecule has 3 aromatic carbocycles. The molecule has 5 nitrogen and oxygen atoms in total. The monoisotopic (exact) mass is 488 g/mol. The first-order chi connectivity index (χ1) is 17.4. The van der Waals surface area contributed by atoms with Gasteiger partial charge in [-0.1, -0.05) is 36.4 Å². The van der Waals surface area contributed by atoms with Crippen molar-refractivity contribution < 1.29 is 31.6 Å². The van der Waals surface area contributed by atoms with E-state index in [0.717, 1.165) is 11.6 Å². The van der Waals surface area contributed by atoms with E-state index >= 15 is 0 Å². The van der Waals surface area contributed by atoms with Crippen molar-refractivity contribution in [2.45, 2.75) is 0 Å². The van der Waals surface area contributed by atoms with Gasteiger partial charge in [0, 0.05) is 17.3 Å². The van der Waals surface area contributed by atoms with Crippen LogP contribution in [0.25, 0.3) is 34.4 Å². The fourth-order valence-electron chi connectivity index (χ4n) is 4.27. The molecule has 0 radical (unpaired) electrons. The summed E-state index contributed by atoms with van der Waals surface area (Å²) >= 11 is 0. The maximum atomic E-state index is 14.3. The minimum atomic E-state index is -2.16. The lowest BCUT2D eigenvalue weighted by molar-refractivity contribution is 0.0988. The van der Waals surface area contributed by atoms with Crippen LogP contribution in [0.2, 0.25) is 0 Å². The number of Topliss-reactive ketones (excluding diaryl/α,β-unsaturated/α-hetero) is 2. The Morgan fingerprint density at radius 2 is 1.31 bits per heavy atom. The number of allylic oxidation sites excluding steroid dienone is 1. The third-order valence-corrected chi connectivity index (χ3v) is 5.92. The lowest BCUT2D eigenvalue weighted by atomic mass is 10.1. The van der Waals surface area contributed by atoms with Gasteiger partial charge in [-0.05, 0) is 30.3 Å². The Morgan fingerprint density at radius 3 is 1.89 bits per heavy atom. The average molecular weight is 488 g/mol. The Morgan fingerprint density at radius 1 is 0.750 bits per heavy atom. The van der Waals surface area contributed by atoms with Crippen LogP contribution in [0.4, 0.5) is 17.6 Å². The molecule has 0 spiro atoms. The molecule has 36 heavy (non-hydrogen) atoms. The van der Waals surface area contributed by atoms with Crippen LogP contribution in [0.5, 0.6) is 0 Å². The van der Waals surface area contributed by atoms with Crippen molar-refractivity contribution in [3.63, 3.8) is 0 Å². The number of carbonyl (C=O) groups excluding carboxylic acids is 2. The molecule has 0 atom stereocenters. The maximum Gasteiger partial charge on any atom is 0.228 e. The van der Waals surface area contributed by atoms with E-state index in [0.29, 0.717) is 22.8 Å². The molecule has 0 N–H and O–H groups in total. The maximum absolute atomic E-state index is 14.3. The Kier molecular flexibility index (Phi) is 4.75. The van der Waals surface area contributed by atoms with E-state index in [9.17, 15) is 27.2 Å². The van der Waals surface area contributed by atoms with Gasteiger partial charge in [-0.25, -0.2) is 17.6 Å². The summed E-state index contributed by atoms with van der Waals surface area (Å²) in [6.45, 7) is 0. The van der Waals surface area contributed by atoms with Gasteiger partial charge < -0.3 is 4.42 Å². The predicted molar refractivity (Wildman–Crippen MR) is 122 cm³/mol. The lowest BCUT2D eigenvalue weighted by Gasteiger charge is -2.07. The zero-order valence-corrected chi connectivity index (χ0v) is 18.1. The zero-order chi connectivity index (χ0) is 25.1. The SMILES string of the molecule is O=C1C(=Cc2cc3oc(-c4ccccc4)nc3n2-c2ccccc2)C(=O)c2c(F)c(F)c(F)c(F)c21. The van der Waals surface area contributed by atoms with Crippen molar-refractivity contribution in [2.75, 3.05) is 0 Å². The number of ketones is 2. The molecule has 1 aliphatic carbocycles. The first kappa shape index (κ1) is 21.7. The molecule has 9 heteroatoms. The third kappa shape index (κ3) is 3.06. The van der Waals surface area contributed by atoms with Crippen LogP contribution in [-0.4, -0.2) is 21.1 Å².